The van der Waals surface area contributed by atoms with Gasteiger partial charge in [-0.2, -0.15) is 0 Å². The highest BCUT2D eigenvalue weighted by molar-refractivity contribution is 5.75. The molecule has 9 nitrogen and oxygen atoms in total. The van der Waals surface area contributed by atoms with Crippen LogP contribution in [0.25, 0.3) is 22.6 Å². The van der Waals surface area contributed by atoms with E-state index in [1.807, 2.05) is 61.3 Å². The zero-order valence-electron chi connectivity index (χ0n) is 18.4. The third-order valence-electron chi connectivity index (χ3n) is 5.29. The molecule has 0 bridgehead atoms. The molecular weight excluding hydrogens is 408 g/mol. The predicted octanol–water partition coefficient (Wildman–Crippen LogP) is 2.41. The molecular formula is C23H26N6O3. The van der Waals surface area contributed by atoms with Crippen LogP contribution in [0.1, 0.15) is 13.3 Å². The number of aromatic nitrogens is 5. The SMILES string of the molecule is CCCn1c(=O)c2[nH]c(-c3ccc(OCCN(C)c4ccccn4)cc3)nc2n(C)c1=O. The van der Waals surface area contributed by atoms with Gasteiger partial charge in [0, 0.05) is 32.4 Å². The number of benzene rings is 1. The zero-order valence-corrected chi connectivity index (χ0v) is 18.4. The number of rotatable bonds is 8. The highest BCUT2D eigenvalue weighted by Gasteiger charge is 2.15. The molecule has 0 spiro atoms. The first kappa shape index (κ1) is 21.4. The number of hydrogen-bond donors (Lipinski definition) is 1. The number of likely N-dealkylation sites (N-methyl/N-ethyl adjacent to an activating group) is 1. The molecule has 3 aromatic heterocycles. The van der Waals surface area contributed by atoms with Gasteiger partial charge in [-0.15, -0.1) is 0 Å². The van der Waals surface area contributed by atoms with Gasteiger partial charge in [0.15, 0.2) is 5.65 Å². The van der Waals surface area contributed by atoms with Crippen LogP contribution in [0.3, 0.4) is 0 Å². The summed E-state index contributed by atoms with van der Waals surface area (Å²) in [4.78, 5) is 39.1. The van der Waals surface area contributed by atoms with Crippen molar-refractivity contribution >= 4 is 17.0 Å². The van der Waals surface area contributed by atoms with E-state index in [0.717, 1.165) is 17.1 Å². The largest absolute Gasteiger partial charge is 0.492 e. The minimum atomic E-state index is -0.359. The van der Waals surface area contributed by atoms with E-state index in [0.29, 0.717) is 43.1 Å². The number of fused-ring (bicyclic) bond motifs is 1. The number of pyridine rings is 1. The highest BCUT2D eigenvalue weighted by atomic mass is 16.5. The first-order valence-corrected chi connectivity index (χ1v) is 10.5. The number of aromatic amines is 1. The molecule has 32 heavy (non-hydrogen) atoms. The normalized spacial score (nSPS) is 11.1. The highest BCUT2D eigenvalue weighted by Crippen LogP contribution is 2.21. The molecule has 0 radical (unpaired) electrons. The fraction of sp³-hybridized carbons (Fsp3) is 0.304. The van der Waals surface area contributed by atoms with Gasteiger partial charge in [-0.05, 0) is 42.8 Å². The Hall–Kier alpha value is -3.88. The van der Waals surface area contributed by atoms with Crippen molar-refractivity contribution in [1.29, 1.82) is 0 Å². The zero-order chi connectivity index (χ0) is 22.7. The standard InChI is InChI=1S/C23H26N6O3/c1-4-13-29-22(30)19-21(28(3)23(29)31)26-20(25-19)16-8-10-17(11-9-16)32-15-14-27(2)18-7-5-6-12-24-18/h5-12H,4,13-15H2,1-3H3,(H,25,26). The molecule has 1 N–H and O–H groups in total. The van der Waals surface area contributed by atoms with Crippen LogP contribution >= 0.6 is 0 Å². The second kappa shape index (κ2) is 9.09. The van der Waals surface area contributed by atoms with Crippen molar-refractivity contribution in [2.24, 2.45) is 7.05 Å². The lowest BCUT2D eigenvalue weighted by molar-refractivity contribution is 0.325. The molecule has 4 aromatic rings. The Labute approximate surface area is 184 Å². The van der Waals surface area contributed by atoms with Crippen molar-refractivity contribution in [3.05, 3.63) is 69.5 Å². The van der Waals surface area contributed by atoms with Crippen LogP contribution in [0.15, 0.2) is 58.3 Å². The van der Waals surface area contributed by atoms with E-state index < -0.39 is 0 Å². The molecule has 1 aromatic carbocycles. The van der Waals surface area contributed by atoms with Crippen molar-refractivity contribution in [2.45, 2.75) is 19.9 Å². The van der Waals surface area contributed by atoms with Gasteiger partial charge in [-0.25, -0.2) is 14.8 Å². The summed E-state index contributed by atoms with van der Waals surface area (Å²) >= 11 is 0. The van der Waals surface area contributed by atoms with E-state index in [2.05, 4.69) is 15.0 Å². The van der Waals surface area contributed by atoms with Gasteiger partial charge < -0.3 is 14.6 Å². The summed E-state index contributed by atoms with van der Waals surface area (Å²) in [7, 11) is 3.60. The number of aryl methyl sites for hydroxylation is 1. The third-order valence-corrected chi connectivity index (χ3v) is 5.29. The van der Waals surface area contributed by atoms with E-state index in [1.165, 1.54) is 9.13 Å². The number of hydrogen-bond acceptors (Lipinski definition) is 6. The molecule has 0 saturated carbocycles. The third kappa shape index (κ3) is 4.14. The van der Waals surface area contributed by atoms with Crippen LogP contribution in [0.4, 0.5) is 5.82 Å². The molecule has 0 aliphatic rings. The Morgan fingerprint density at radius 2 is 1.91 bits per heavy atom. The Bertz CT molecular complexity index is 1320. The fourth-order valence-electron chi connectivity index (χ4n) is 3.51. The lowest BCUT2D eigenvalue weighted by Gasteiger charge is -2.18. The summed E-state index contributed by atoms with van der Waals surface area (Å²) in [5.41, 5.74) is 0.768. The topological polar surface area (TPSA) is 98.0 Å². The van der Waals surface area contributed by atoms with Crippen molar-refractivity contribution in [3.63, 3.8) is 0 Å². The number of ether oxygens (including phenoxy) is 1. The summed E-state index contributed by atoms with van der Waals surface area (Å²) in [6, 6.07) is 13.3. The minimum Gasteiger partial charge on any atom is -0.492 e. The van der Waals surface area contributed by atoms with Gasteiger partial charge in [0.2, 0.25) is 0 Å². The first-order chi connectivity index (χ1) is 15.5. The lowest BCUT2D eigenvalue weighted by Crippen LogP contribution is -2.39. The fourth-order valence-corrected chi connectivity index (χ4v) is 3.51. The molecule has 0 atom stereocenters. The number of nitrogens with zero attached hydrogens (tertiary/aromatic N) is 5. The first-order valence-electron chi connectivity index (χ1n) is 10.5. The second-order valence-electron chi connectivity index (χ2n) is 7.56. The van der Waals surface area contributed by atoms with Crippen LogP contribution in [-0.4, -0.2) is 44.3 Å². The molecule has 0 aliphatic heterocycles. The molecule has 166 valence electrons. The van der Waals surface area contributed by atoms with Gasteiger partial charge in [0.1, 0.15) is 29.5 Å². The van der Waals surface area contributed by atoms with Gasteiger partial charge >= 0.3 is 5.69 Å². The summed E-state index contributed by atoms with van der Waals surface area (Å²) < 4.78 is 8.49. The Balaban J connectivity index is 1.49. The second-order valence-corrected chi connectivity index (χ2v) is 7.56. The molecule has 0 amide bonds. The quantitative estimate of drug-likeness (QED) is 0.457. The summed E-state index contributed by atoms with van der Waals surface area (Å²) in [6.45, 7) is 3.50. The average molecular weight is 435 g/mol. The summed E-state index contributed by atoms with van der Waals surface area (Å²) in [5.74, 6) is 2.16. The van der Waals surface area contributed by atoms with Crippen LogP contribution < -0.4 is 20.9 Å². The van der Waals surface area contributed by atoms with Gasteiger partial charge in [-0.1, -0.05) is 13.0 Å². The molecule has 0 unspecified atom stereocenters. The molecule has 9 heteroatoms. The minimum absolute atomic E-state index is 0.327. The van der Waals surface area contributed by atoms with E-state index in [1.54, 1.807) is 13.2 Å². The lowest BCUT2D eigenvalue weighted by atomic mass is 10.2. The average Bonchev–Trinajstić information content (AvgIpc) is 3.27. The van der Waals surface area contributed by atoms with E-state index in [4.69, 9.17) is 4.74 Å². The van der Waals surface area contributed by atoms with Crippen LogP contribution in [-0.2, 0) is 13.6 Å². The number of imidazole rings is 1. The Morgan fingerprint density at radius 3 is 2.59 bits per heavy atom. The van der Waals surface area contributed by atoms with Crippen molar-refractivity contribution < 1.29 is 4.74 Å². The molecule has 3 heterocycles. The smallest absolute Gasteiger partial charge is 0.332 e. The maximum absolute atomic E-state index is 12.7. The van der Waals surface area contributed by atoms with E-state index in [-0.39, 0.29) is 11.2 Å². The van der Waals surface area contributed by atoms with Crippen molar-refractivity contribution in [3.8, 4) is 17.1 Å². The van der Waals surface area contributed by atoms with Crippen LogP contribution in [0.5, 0.6) is 5.75 Å². The van der Waals surface area contributed by atoms with Crippen LogP contribution in [0, 0.1) is 0 Å². The van der Waals surface area contributed by atoms with Crippen molar-refractivity contribution in [2.75, 3.05) is 25.1 Å². The Morgan fingerprint density at radius 1 is 1.12 bits per heavy atom. The van der Waals surface area contributed by atoms with Gasteiger partial charge in [0.25, 0.3) is 5.56 Å². The molecule has 0 aliphatic carbocycles. The molecule has 4 rings (SSSR count). The Kier molecular flexibility index (Phi) is 6.07. The van der Waals surface area contributed by atoms with Crippen molar-refractivity contribution in [1.82, 2.24) is 24.1 Å². The maximum atomic E-state index is 12.7. The van der Waals surface area contributed by atoms with Crippen LogP contribution in [0.2, 0.25) is 0 Å². The summed E-state index contributed by atoms with van der Waals surface area (Å²) in [5, 5.41) is 0. The number of H-pyrrole nitrogens is 1. The maximum Gasteiger partial charge on any atom is 0.332 e. The number of anilines is 1. The number of nitrogens with one attached hydrogen (secondary N) is 1. The van der Waals surface area contributed by atoms with E-state index >= 15 is 0 Å². The summed E-state index contributed by atoms with van der Waals surface area (Å²) in [6.07, 6.45) is 2.46. The molecule has 0 saturated heterocycles. The predicted molar refractivity (Wildman–Crippen MR) is 124 cm³/mol. The van der Waals surface area contributed by atoms with Gasteiger partial charge in [0.05, 0.1) is 6.54 Å². The van der Waals surface area contributed by atoms with Gasteiger partial charge in [-0.3, -0.25) is 13.9 Å². The van der Waals surface area contributed by atoms with E-state index in [9.17, 15) is 9.59 Å². The monoisotopic (exact) mass is 434 g/mol. The molecule has 0 fully saturated rings.